The van der Waals surface area contributed by atoms with E-state index in [1.807, 2.05) is 0 Å². The highest BCUT2D eigenvalue weighted by Gasteiger charge is 2.22. The quantitative estimate of drug-likeness (QED) is 0.181. The van der Waals surface area contributed by atoms with E-state index in [0.717, 1.165) is 9.25 Å². The van der Waals surface area contributed by atoms with Gasteiger partial charge in [0.05, 0.1) is 0 Å². The molecule has 0 aliphatic rings. The van der Waals surface area contributed by atoms with Gasteiger partial charge in [-0.25, -0.2) is 4.68 Å². The molecule has 0 saturated heterocycles. The molecule has 0 radical (unpaired) electrons. The Morgan fingerprint density at radius 2 is 2.36 bits per heavy atom. The number of oxime groups is 1. The third-order valence-electron chi connectivity index (χ3n) is 1.59. The minimum atomic E-state index is -0.896. The average molecular weight is 200 g/mol. The van der Waals surface area contributed by atoms with Crippen LogP contribution in [-0.2, 0) is 7.05 Å². The van der Waals surface area contributed by atoms with Crippen LogP contribution in [0, 0.1) is 22.4 Å². The van der Waals surface area contributed by atoms with Crippen molar-refractivity contribution < 1.29 is 10.1 Å². The van der Waals surface area contributed by atoms with Gasteiger partial charge in [-0.2, -0.15) is 0 Å². The van der Waals surface area contributed by atoms with Crippen LogP contribution in [0.15, 0.2) is 5.16 Å². The first-order chi connectivity index (χ1) is 6.49. The highest BCUT2D eigenvalue weighted by Crippen LogP contribution is 1.90. The molecule has 0 amide bonds. The van der Waals surface area contributed by atoms with E-state index >= 15 is 0 Å². The van der Waals surface area contributed by atoms with Crippen LogP contribution < -0.4 is 5.62 Å². The maximum Gasteiger partial charge on any atom is 0.481 e. The fourth-order valence-electron chi connectivity index (χ4n) is 1.01. The van der Waals surface area contributed by atoms with E-state index < -0.39 is 10.9 Å². The molecule has 0 fully saturated rings. The van der Waals surface area contributed by atoms with Gasteiger partial charge in [-0.3, -0.25) is 5.41 Å². The first-order valence-corrected chi connectivity index (χ1v) is 3.53. The van der Waals surface area contributed by atoms with Gasteiger partial charge in [0.25, 0.3) is 5.62 Å². The number of aromatic nitrogens is 3. The van der Waals surface area contributed by atoms with Crippen molar-refractivity contribution in [3.8, 4) is 0 Å². The smallest absolute Gasteiger partial charge is 0.390 e. The summed E-state index contributed by atoms with van der Waals surface area (Å²) < 4.78 is 1.95. The maximum atomic E-state index is 10.4. The SMILES string of the molecule is Cc1nn(C)c(=N)n1/C(=N\O)[N+](=O)[O-]. The van der Waals surface area contributed by atoms with Crippen LogP contribution in [0.3, 0.4) is 0 Å². The molecule has 14 heavy (non-hydrogen) atoms. The fourth-order valence-corrected chi connectivity index (χ4v) is 1.01. The lowest BCUT2D eigenvalue weighted by Gasteiger charge is -1.96. The van der Waals surface area contributed by atoms with E-state index in [-0.39, 0.29) is 11.4 Å². The van der Waals surface area contributed by atoms with Crippen molar-refractivity contribution in [3.63, 3.8) is 0 Å². The molecule has 0 unspecified atom stereocenters. The van der Waals surface area contributed by atoms with Crippen LogP contribution in [-0.4, -0.2) is 30.4 Å². The van der Waals surface area contributed by atoms with Gasteiger partial charge in [0.15, 0.2) is 5.82 Å². The summed E-state index contributed by atoms with van der Waals surface area (Å²) in [5.74, 6) is -0.650. The Kier molecular flexibility index (Phi) is 2.32. The van der Waals surface area contributed by atoms with E-state index in [1.165, 1.54) is 14.0 Å². The van der Waals surface area contributed by atoms with Crippen molar-refractivity contribution in [2.45, 2.75) is 6.92 Å². The number of nitro groups is 1. The number of nitrogens with zero attached hydrogens (tertiary/aromatic N) is 5. The van der Waals surface area contributed by atoms with E-state index in [9.17, 15) is 10.1 Å². The Bertz CT molecular complexity index is 455. The Morgan fingerprint density at radius 1 is 1.79 bits per heavy atom. The molecule has 1 rings (SSSR count). The van der Waals surface area contributed by atoms with Crippen LogP contribution in [0.25, 0.3) is 0 Å². The number of nitrogens with one attached hydrogen (secondary N) is 1. The van der Waals surface area contributed by atoms with Crippen LogP contribution in [0.1, 0.15) is 5.82 Å². The van der Waals surface area contributed by atoms with Gasteiger partial charge in [-0.15, -0.1) is 9.67 Å². The van der Waals surface area contributed by atoms with Crippen LogP contribution in [0.5, 0.6) is 0 Å². The predicted octanol–water partition coefficient (Wildman–Crippen LogP) is -1.12. The van der Waals surface area contributed by atoms with Crippen molar-refractivity contribution in [2.75, 3.05) is 0 Å². The van der Waals surface area contributed by atoms with E-state index in [1.54, 1.807) is 0 Å². The molecule has 9 heteroatoms. The Labute approximate surface area is 77.5 Å². The summed E-state index contributed by atoms with van der Waals surface area (Å²) in [6.45, 7) is 1.46. The number of hydrogen-bond acceptors (Lipinski definition) is 6. The van der Waals surface area contributed by atoms with E-state index in [2.05, 4.69) is 10.3 Å². The lowest BCUT2D eigenvalue weighted by molar-refractivity contribution is -0.357. The zero-order valence-electron chi connectivity index (χ0n) is 7.50. The first-order valence-electron chi connectivity index (χ1n) is 3.53. The highest BCUT2D eigenvalue weighted by atomic mass is 16.6. The number of rotatable bonds is 0. The number of aryl methyl sites for hydroxylation is 2. The van der Waals surface area contributed by atoms with Crippen molar-refractivity contribution in [2.24, 2.45) is 12.2 Å². The molecule has 0 atom stereocenters. The summed E-state index contributed by atoms with van der Waals surface area (Å²) in [5.41, 5.74) is -0.244. The van der Waals surface area contributed by atoms with Crippen LogP contribution in [0.2, 0.25) is 0 Å². The standard InChI is InChI=1S/C5H8N6O3/c1-3-7-9(2)4(6)10(3)5(8-12)11(13)14/h6,12H,1-2H3/b6-4?,8-5+. The lowest BCUT2D eigenvalue weighted by Crippen LogP contribution is -2.33. The fraction of sp³-hybridized carbons (Fsp3) is 0.400. The second kappa shape index (κ2) is 3.28. The first kappa shape index (κ1) is 9.89. The van der Waals surface area contributed by atoms with Crippen LogP contribution in [0.4, 0.5) is 0 Å². The third-order valence-corrected chi connectivity index (χ3v) is 1.59. The maximum absolute atomic E-state index is 10.4. The van der Waals surface area contributed by atoms with Crippen molar-refractivity contribution >= 4 is 5.96 Å². The Balaban J connectivity index is 3.46. The van der Waals surface area contributed by atoms with Gasteiger partial charge in [-0.05, 0) is 4.92 Å². The molecule has 0 saturated carbocycles. The predicted molar refractivity (Wildman–Crippen MR) is 43.4 cm³/mol. The van der Waals surface area contributed by atoms with Gasteiger partial charge in [0.1, 0.15) is 5.16 Å². The largest absolute Gasteiger partial charge is 0.481 e. The summed E-state index contributed by atoms with van der Waals surface area (Å²) in [7, 11) is 1.46. The summed E-state index contributed by atoms with van der Waals surface area (Å²) in [4.78, 5) is 9.52. The highest BCUT2D eigenvalue weighted by molar-refractivity contribution is 5.73. The molecular weight excluding hydrogens is 192 g/mol. The minimum Gasteiger partial charge on any atom is -0.390 e. The molecule has 0 aliphatic carbocycles. The summed E-state index contributed by atoms with van der Waals surface area (Å²) in [6.07, 6.45) is 0. The zero-order valence-corrected chi connectivity index (χ0v) is 7.50. The zero-order chi connectivity index (χ0) is 10.9. The Morgan fingerprint density at radius 3 is 2.64 bits per heavy atom. The van der Waals surface area contributed by atoms with E-state index in [4.69, 9.17) is 10.6 Å². The van der Waals surface area contributed by atoms with Crippen molar-refractivity contribution in [3.05, 3.63) is 21.6 Å². The lowest BCUT2D eigenvalue weighted by atomic mass is 10.7. The van der Waals surface area contributed by atoms with Gasteiger partial charge >= 0.3 is 5.96 Å². The second-order valence-electron chi connectivity index (χ2n) is 2.49. The van der Waals surface area contributed by atoms with Crippen molar-refractivity contribution in [1.82, 2.24) is 14.3 Å². The van der Waals surface area contributed by atoms with Crippen molar-refractivity contribution in [1.29, 1.82) is 5.41 Å². The number of hydrogen-bond donors (Lipinski definition) is 2. The molecule has 0 bridgehead atoms. The van der Waals surface area contributed by atoms with E-state index in [0.29, 0.717) is 0 Å². The summed E-state index contributed by atoms with van der Waals surface area (Å²) in [6, 6.07) is 0. The average Bonchev–Trinajstić information content (AvgIpc) is 2.32. The molecule has 1 aromatic heterocycles. The monoisotopic (exact) mass is 200 g/mol. The molecule has 2 N–H and O–H groups in total. The van der Waals surface area contributed by atoms with Gasteiger partial charge in [0, 0.05) is 14.0 Å². The molecular formula is C5H8N6O3. The topological polar surface area (TPSA) is 122 Å². The van der Waals surface area contributed by atoms with Gasteiger partial charge < -0.3 is 15.3 Å². The second-order valence-corrected chi connectivity index (χ2v) is 2.49. The molecule has 1 aromatic rings. The van der Waals surface area contributed by atoms with Gasteiger partial charge in [-0.1, -0.05) is 0 Å². The summed E-state index contributed by atoms with van der Waals surface area (Å²) in [5, 5.41) is 32.5. The molecule has 0 spiro atoms. The molecule has 76 valence electrons. The normalized spacial score (nSPS) is 11.7. The van der Waals surface area contributed by atoms with Crippen LogP contribution >= 0.6 is 0 Å². The third kappa shape index (κ3) is 1.34. The molecule has 0 aromatic carbocycles. The molecule has 0 aliphatic heterocycles. The Hall–Kier alpha value is -2.19. The van der Waals surface area contributed by atoms with Gasteiger partial charge in [0.2, 0.25) is 0 Å². The minimum absolute atomic E-state index is 0.196. The molecule has 1 heterocycles. The molecule has 9 nitrogen and oxygen atoms in total. The summed E-state index contributed by atoms with van der Waals surface area (Å²) >= 11 is 0.